The van der Waals surface area contributed by atoms with Crippen molar-refractivity contribution in [3.63, 3.8) is 0 Å². The zero-order valence-corrected chi connectivity index (χ0v) is 14.0. The number of phenolic OH excluding ortho intramolecular Hbond substituents is 1. The molecule has 0 aliphatic heterocycles. The zero-order valence-electron chi connectivity index (χ0n) is 12.4. The number of carbonyl (C=O) groups is 1. The van der Waals surface area contributed by atoms with Crippen LogP contribution in [0, 0.1) is 0 Å². The Hall–Kier alpha value is -2.28. The number of hydrogen-bond acceptors (Lipinski definition) is 3. The number of ketones is 1. The van der Waals surface area contributed by atoms with Gasteiger partial charge >= 0.3 is 6.18 Å². The Morgan fingerprint density at radius 2 is 1.83 bits per heavy atom. The number of hydrogen-bond donors (Lipinski definition) is 1. The number of aromatic hydroxyl groups is 1. The molecule has 24 heavy (non-hydrogen) atoms. The summed E-state index contributed by atoms with van der Waals surface area (Å²) in [7, 11) is 1.41. The van der Waals surface area contributed by atoms with Crippen LogP contribution in [0.5, 0.6) is 11.5 Å². The number of allylic oxidation sites excluding steroid dienone is 1. The summed E-state index contributed by atoms with van der Waals surface area (Å²) >= 11 is 3.16. The molecular formula is C17H12BrF3O3. The highest BCUT2D eigenvalue weighted by Gasteiger charge is 2.30. The Labute approximate surface area is 144 Å². The third-order valence-electron chi connectivity index (χ3n) is 3.21. The minimum Gasteiger partial charge on any atom is -0.507 e. The maximum atomic E-state index is 12.5. The van der Waals surface area contributed by atoms with E-state index in [4.69, 9.17) is 4.74 Å². The van der Waals surface area contributed by atoms with Crippen molar-refractivity contribution in [2.75, 3.05) is 7.11 Å². The van der Waals surface area contributed by atoms with E-state index in [9.17, 15) is 23.1 Å². The second-order valence-corrected chi connectivity index (χ2v) is 5.67. The van der Waals surface area contributed by atoms with Crippen molar-refractivity contribution < 1.29 is 27.8 Å². The van der Waals surface area contributed by atoms with Gasteiger partial charge in [-0.1, -0.05) is 12.1 Å². The van der Waals surface area contributed by atoms with Crippen LogP contribution in [-0.2, 0) is 6.18 Å². The highest BCUT2D eigenvalue weighted by atomic mass is 79.9. The Morgan fingerprint density at radius 3 is 2.38 bits per heavy atom. The van der Waals surface area contributed by atoms with Gasteiger partial charge in [-0.15, -0.1) is 0 Å². The summed E-state index contributed by atoms with van der Waals surface area (Å²) in [4.78, 5) is 12.1. The van der Waals surface area contributed by atoms with Gasteiger partial charge in [-0.25, -0.2) is 0 Å². The number of rotatable bonds is 4. The van der Waals surface area contributed by atoms with E-state index in [1.807, 2.05) is 0 Å². The molecule has 0 spiro atoms. The third kappa shape index (κ3) is 4.17. The molecule has 0 saturated carbocycles. The van der Waals surface area contributed by atoms with Crippen LogP contribution in [0.3, 0.4) is 0 Å². The fraction of sp³-hybridized carbons (Fsp3) is 0.118. The van der Waals surface area contributed by atoms with Gasteiger partial charge in [0.25, 0.3) is 0 Å². The Morgan fingerprint density at radius 1 is 1.21 bits per heavy atom. The van der Waals surface area contributed by atoms with E-state index in [0.29, 0.717) is 15.8 Å². The first-order valence-corrected chi connectivity index (χ1v) is 7.48. The summed E-state index contributed by atoms with van der Waals surface area (Å²) < 4.78 is 43.0. The van der Waals surface area contributed by atoms with E-state index in [1.54, 1.807) is 6.07 Å². The van der Waals surface area contributed by atoms with Crippen molar-refractivity contribution in [2.45, 2.75) is 6.18 Å². The van der Waals surface area contributed by atoms with Crippen molar-refractivity contribution in [2.24, 2.45) is 0 Å². The van der Waals surface area contributed by atoms with E-state index in [0.717, 1.165) is 24.3 Å². The Bertz CT molecular complexity index is 781. The lowest BCUT2D eigenvalue weighted by molar-refractivity contribution is -0.137. The molecule has 7 heteroatoms. The number of alkyl halides is 3. The lowest BCUT2D eigenvalue weighted by Gasteiger charge is -2.07. The number of methoxy groups -OCH3 is 1. The first kappa shape index (κ1) is 18.1. The highest BCUT2D eigenvalue weighted by molar-refractivity contribution is 9.10. The number of carbonyl (C=O) groups excluding carboxylic acids is 1. The number of ether oxygens (including phenoxy) is 1. The number of halogens is 4. The van der Waals surface area contributed by atoms with Crippen LogP contribution in [0.2, 0.25) is 0 Å². The van der Waals surface area contributed by atoms with Crippen molar-refractivity contribution >= 4 is 27.8 Å². The summed E-state index contributed by atoms with van der Waals surface area (Å²) in [6, 6.07) is 6.91. The van der Waals surface area contributed by atoms with Gasteiger partial charge in [-0.3, -0.25) is 4.79 Å². The van der Waals surface area contributed by atoms with Gasteiger partial charge in [-0.2, -0.15) is 13.2 Å². The quantitative estimate of drug-likeness (QED) is 0.574. The second kappa shape index (κ2) is 7.09. The summed E-state index contributed by atoms with van der Waals surface area (Å²) in [5.41, 5.74) is -0.148. The van der Waals surface area contributed by atoms with Crippen LogP contribution in [-0.4, -0.2) is 18.0 Å². The summed E-state index contributed by atoms with van der Waals surface area (Å²) in [5.74, 6) is -0.111. The predicted octanol–water partition coefficient (Wildman–Crippen LogP) is 5.08. The molecule has 0 saturated heterocycles. The van der Waals surface area contributed by atoms with E-state index in [2.05, 4.69) is 15.9 Å². The number of benzene rings is 2. The fourth-order valence-electron chi connectivity index (χ4n) is 1.95. The molecule has 0 aromatic heterocycles. The molecule has 2 aromatic carbocycles. The minimum atomic E-state index is -4.44. The number of phenols is 1. The molecule has 0 amide bonds. The molecule has 0 aliphatic rings. The van der Waals surface area contributed by atoms with Gasteiger partial charge < -0.3 is 9.84 Å². The van der Waals surface area contributed by atoms with Gasteiger partial charge in [0, 0.05) is 17.2 Å². The normalized spacial score (nSPS) is 11.7. The molecule has 0 atom stereocenters. The molecule has 1 N–H and O–H groups in total. The van der Waals surface area contributed by atoms with Crippen LogP contribution in [0.15, 0.2) is 46.9 Å². The average Bonchev–Trinajstić information content (AvgIpc) is 2.54. The molecule has 0 fully saturated rings. The summed E-state index contributed by atoms with van der Waals surface area (Å²) in [5, 5.41) is 9.59. The zero-order chi connectivity index (χ0) is 17.9. The third-order valence-corrected chi connectivity index (χ3v) is 3.85. The van der Waals surface area contributed by atoms with Crippen molar-refractivity contribution in [1.82, 2.24) is 0 Å². The van der Waals surface area contributed by atoms with Gasteiger partial charge in [-0.05, 0) is 46.3 Å². The second-order valence-electron chi connectivity index (χ2n) is 4.82. The monoisotopic (exact) mass is 400 g/mol. The smallest absolute Gasteiger partial charge is 0.416 e. The topological polar surface area (TPSA) is 46.5 Å². The SMILES string of the molecule is COc1cc(O)c(Br)cc1/C=C/C(=O)c1ccc(C(F)(F)F)cc1. The van der Waals surface area contributed by atoms with E-state index < -0.39 is 17.5 Å². The molecule has 0 heterocycles. The molecular weight excluding hydrogens is 389 g/mol. The van der Waals surface area contributed by atoms with Crippen LogP contribution in [0.25, 0.3) is 6.08 Å². The molecule has 3 nitrogen and oxygen atoms in total. The van der Waals surface area contributed by atoms with E-state index in [1.165, 1.54) is 25.3 Å². The Kier molecular flexibility index (Phi) is 5.33. The minimum absolute atomic E-state index is 0.0157. The first-order chi connectivity index (χ1) is 11.2. The van der Waals surface area contributed by atoms with Crippen LogP contribution in [0.4, 0.5) is 13.2 Å². The van der Waals surface area contributed by atoms with Crippen molar-refractivity contribution in [3.8, 4) is 11.5 Å². The lowest BCUT2D eigenvalue weighted by Crippen LogP contribution is -2.05. The van der Waals surface area contributed by atoms with Gasteiger partial charge in [0.05, 0.1) is 17.1 Å². The van der Waals surface area contributed by atoms with E-state index >= 15 is 0 Å². The van der Waals surface area contributed by atoms with Crippen molar-refractivity contribution in [1.29, 1.82) is 0 Å². The molecule has 0 bridgehead atoms. The van der Waals surface area contributed by atoms with Crippen LogP contribution < -0.4 is 4.74 Å². The molecule has 126 valence electrons. The summed E-state index contributed by atoms with van der Waals surface area (Å²) in [6.45, 7) is 0. The molecule has 0 unspecified atom stereocenters. The molecule has 2 aromatic rings. The maximum Gasteiger partial charge on any atom is 0.416 e. The van der Waals surface area contributed by atoms with E-state index in [-0.39, 0.29) is 11.3 Å². The van der Waals surface area contributed by atoms with Crippen molar-refractivity contribution in [3.05, 3.63) is 63.6 Å². The maximum absolute atomic E-state index is 12.5. The fourth-order valence-corrected chi connectivity index (χ4v) is 2.31. The Balaban J connectivity index is 2.23. The van der Waals surface area contributed by atoms with Gasteiger partial charge in [0.1, 0.15) is 11.5 Å². The lowest BCUT2D eigenvalue weighted by atomic mass is 10.1. The largest absolute Gasteiger partial charge is 0.507 e. The standard InChI is InChI=1S/C17H12BrF3O3/c1-24-16-9-15(23)13(18)8-11(16)4-7-14(22)10-2-5-12(6-3-10)17(19,20)21/h2-9,23H,1H3/b7-4+. The predicted molar refractivity (Wildman–Crippen MR) is 87.2 cm³/mol. The van der Waals surface area contributed by atoms with Crippen LogP contribution in [0.1, 0.15) is 21.5 Å². The van der Waals surface area contributed by atoms with Gasteiger partial charge in [0.2, 0.25) is 0 Å². The molecule has 2 rings (SSSR count). The van der Waals surface area contributed by atoms with Crippen LogP contribution >= 0.6 is 15.9 Å². The summed E-state index contributed by atoms with van der Waals surface area (Å²) in [6.07, 6.45) is -1.75. The molecule has 0 radical (unpaired) electrons. The first-order valence-electron chi connectivity index (χ1n) is 6.68. The molecule has 0 aliphatic carbocycles. The van der Waals surface area contributed by atoms with Gasteiger partial charge in [0.15, 0.2) is 5.78 Å². The highest BCUT2D eigenvalue weighted by Crippen LogP contribution is 2.33. The average molecular weight is 401 g/mol.